The van der Waals surface area contributed by atoms with Crippen LogP contribution in [0.15, 0.2) is 6.33 Å². The van der Waals surface area contributed by atoms with Gasteiger partial charge in [0.15, 0.2) is 0 Å². The Morgan fingerprint density at radius 3 is 2.64 bits per heavy atom. The van der Waals surface area contributed by atoms with E-state index in [9.17, 15) is 0 Å². The van der Waals surface area contributed by atoms with Gasteiger partial charge in [0, 0.05) is 32.2 Å². The summed E-state index contributed by atoms with van der Waals surface area (Å²) in [5.74, 6) is 1.04. The highest BCUT2D eigenvalue weighted by Crippen LogP contribution is 2.20. The Balaban J connectivity index is 1.86. The summed E-state index contributed by atoms with van der Waals surface area (Å²) in [4.78, 5) is 4.86. The van der Waals surface area contributed by atoms with Crippen LogP contribution in [0, 0.1) is 5.41 Å². The Hall–Kier alpha value is -0.980. The second kappa shape index (κ2) is 7.53. The van der Waals surface area contributed by atoms with E-state index >= 15 is 0 Å². The van der Waals surface area contributed by atoms with E-state index in [1.54, 1.807) is 0 Å². The van der Waals surface area contributed by atoms with Crippen LogP contribution in [0.5, 0.6) is 0 Å². The average molecular weight is 309 g/mol. The highest BCUT2D eigenvalue weighted by molar-refractivity contribution is 4.89. The maximum absolute atomic E-state index is 5.43. The van der Waals surface area contributed by atoms with Crippen LogP contribution < -0.4 is 0 Å². The van der Waals surface area contributed by atoms with E-state index in [4.69, 9.17) is 4.74 Å². The maximum atomic E-state index is 5.43. The molecule has 2 rings (SSSR count). The number of hydrogen-bond donors (Lipinski definition) is 0. The third kappa shape index (κ3) is 5.04. The number of hydrogen-bond acceptors (Lipinski definition) is 5. The standard InChI is InChI=1S/C16H31N5O/c1-14(2)21-13-17-18-15(21)10-19(5)11-16(3,4)12-20-6-8-22-9-7-20/h13-14H,6-12H2,1-5H3. The smallest absolute Gasteiger partial charge is 0.147 e. The van der Waals surface area contributed by atoms with E-state index in [-0.39, 0.29) is 5.41 Å². The molecule has 1 aromatic rings. The fourth-order valence-electron chi connectivity index (χ4n) is 3.25. The van der Waals surface area contributed by atoms with E-state index < -0.39 is 0 Å². The molecule has 1 saturated heterocycles. The average Bonchev–Trinajstić information content (AvgIpc) is 2.86. The van der Waals surface area contributed by atoms with Crippen LogP contribution in [-0.2, 0) is 11.3 Å². The molecular formula is C16H31N5O. The highest BCUT2D eigenvalue weighted by atomic mass is 16.5. The molecular weight excluding hydrogens is 278 g/mol. The molecule has 0 N–H and O–H groups in total. The third-order valence-electron chi connectivity index (χ3n) is 4.07. The molecule has 6 heteroatoms. The van der Waals surface area contributed by atoms with E-state index in [1.165, 1.54) is 0 Å². The Morgan fingerprint density at radius 1 is 1.32 bits per heavy atom. The minimum absolute atomic E-state index is 0.245. The van der Waals surface area contributed by atoms with Gasteiger partial charge in [-0.3, -0.25) is 9.80 Å². The summed E-state index contributed by atoms with van der Waals surface area (Å²) in [6.45, 7) is 15.8. The summed E-state index contributed by atoms with van der Waals surface area (Å²) >= 11 is 0. The molecule has 1 fully saturated rings. The zero-order valence-corrected chi connectivity index (χ0v) is 14.7. The molecule has 0 spiro atoms. The number of ether oxygens (including phenoxy) is 1. The van der Waals surface area contributed by atoms with E-state index in [0.717, 1.165) is 51.8 Å². The zero-order valence-electron chi connectivity index (χ0n) is 14.7. The fourth-order valence-corrected chi connectivity index (χ4v) is 3.25. The van der Waals surface area contributed by atoms with Gasteiger partial charge in [0.25, 0.3) is 0 Å². The fraction of sp³-hybridized carbons (Fsp3) is 0.875. The van der Waals surface area contributed by atoms with Gasteiger partial charge in [0.05, 0.1) is 19.8 Å². The van der Waals surface area contributed by atoms with Crippen molar-refractivity contribution in [3.63, 3.8) is 0 Å². The molecule has 0 atom stereocenters. The summed E-state index contributed by atoms with van der Waals surface area (Å²) in [5.41, 5.74) is 0.245. The lowest BCUT2D eigenvalue weighted by Crippen LogP contribution is -2.45. The monoisotopic (exact) mass is 309 g/mol. The summed E-state index contributed by atoms with van der Waals surface area (Å²) in [6.07, 6.45) is 1.83. The summed E-state index contributed by atoms with van der Waals surface area (Å²) in [6, 6.07) is 0.403. The van der Waals surface area contributed by atoms with Crippen LogP contribution in [-0.4, -0.2) is 71.0 Å². The van der Waals surface area contributed by atoms with Crippen molar-refractivity contribution in [1.29, 1.82) is 0 Å². The lowest BCUT2D eigenvalue weighted by Gasteiger charge is -2.37. The SMILES string of the molecule is CC(C)n1cnnc1CN(C)CC(C)(C)CN1CCOCC1. The first-order chi connectivity index (χ1) is 10.4. The molecule has 0 bridgehead atoms. The predicted molar refractivity (Wildman–Crippen MR) is 87.8 cm³/mol. The van der Waals surface area contributed by atoms with Crippen molar-refractivity contribution in [3.8, 4) is 0 Å². The Kier molecular flexibility index (Phi) is 5.94. The highest BCUT2D eigenvalue weighted by Gasteiger charge is 2.25. The number of morpholine rings is 1. The lowest BCUT2D eigenvalue weighted by atomic mass is 9.92. The van der Waals surface area contributed by atoms with E-state index in [0.29, 0.717) is 6.04 Å². The molecule has 0 unspecified atom stereocenters. The van der Waals surface area contributed by atoms with Crippen LogP contribution in [0.4, 0.5) is 0 Å². The van der Waals surface area contributed by atoms with Crippen LogP contribution in [0.2, 0.25) is 0 Å². The van der Waals surface area contributed by atoms with Crippen molar-refractivity contribution in [3.05, 3.63) is 12.2 Å². The first kappa shape index (κ1) is 17.4. The summed E-state index contributed by atoms with van der Waals surface area (Å²) < 4.78 is 7.58. The van der Waals surface area contributed by atoms with Gasteiger partial charge < -0.3 is 9.30 Å². The first-order valence-electron chi connectivity index (χ1n) is 8.24. The molecule has 0 radical (unpaired) electrons. The van der Waals surface area contributed by atoms with Crippen molar-refractivity contribution in [2.24, 2.45) is 5.41 Å². The lowest BCUT2D eigenvalue weighted by molar-refractivity contribution is 0.0159. The quantitative estimate of drug-likeness (QED) is 0.766. The molecule has 0 aliphatic carbocycles. The van der Waals surface area contributed by atoms with Gasteiger partial charge >= 0.3 is 0 Å². The zero-order chi connectivity index (χ0) is 16.2. The van der Waals surface area contributed by atoms with Crippen molar-refractivity contribution in [2.75, 3.05) is 46.4 Å². The molecule has 1 aliphatic rings. The summed E-state index contributed by atoms with van der Waals surface area (Å²) in [5, 5.41) is 8.32. The second-order valence-corrected chi connectivity index (χ2v) is 7.47. The Morgan fingerprint density at radius 2 is 2.00 bits per heavy atom. The summed E-state index contributed by atoms with van der Waals surface area (Å²) in [7, 11) is 2.17. The van der Waals surface area contributed by atoms with Crippen molar-refractivity contribution in [2.45, 2.75) is 40.3 Å². The molecule has 0 aromatic carbocycles. The normalized spacial score (nSPS) is 17.6. The molecule has 126 valence electrons. The van der Waals surface area contributed by atoms with Gasteiger partial charge in [-0.25, -0.2) is 0 Å². The van der Waals surface area contributed by atoms with E-state index in [2.05, 4.69) is 59.3 Å². The molecule has 1 aliphatic heterocycles. The van der Waals surface area contributed by atoms with Gasteiger partial charge in [-0.1, -0.05) is 13.8 Å². The van der Waals surface area contributed by atoms with Crippen LogP contribution in [0.25, 0.3) is 0 Å². The van der Waals surface area contributed by atoms with Gasteiger partial charge in [-0.2, -0.15) is 0 Å². The van der Waals surface area contributed by atoms with Crippen LogP contribution in [0.1, 0.15) is 39.6 Å². The Labute approximate surface area is 134 Å². The number of aromatic nitrogens is 3. The molecule has 0 saturated carbocycles. The van der Waals surface area contributed by atoms with Crippen molar-refractivity contribution >= 4 is 0 Å². The minimum atomic E-state index is 0.245. The largest absolute Gasteiger partial charge is 0.379 e. The van der Waals surface area contributed by atoms with Gasteiger partial charge in [0.1, 0.15) is 12.2 Å². The Bertz CT molecular complexity index is 451. The van der Waals surface area contributed by atoms with Gasteiger partial charge in [-0.15, -0.1) is 10.2 Å². The molecule has 2 heterocycles. The molecule has 6 nitrogen and oxygen atoms in total. The second-order valence-electron chi connectivity index (χ2n) is 7.47. The molecule has 22 heavy (non-hydrogen) atoms. The number of nitrogens with zero attached hydrogens (tertiary/aromatic N) is 5. The van der Waals surface area contributed by atoms with Gasteiger partial charge in [-0.05, 0) is 26.3 Å². The first-order valence-corrected chi connectivity index (χ1v) is 8.24. The van der Waals surface area contributed by atoms with Crippen molar-refractivity contribution in [1.82, 2.24) is 24.6 Å². The van der Waals surface area contributed by atoms with Crippen LogP contribution >= 0.6 is 0 Å². The number of rotatable bonds is 7. The maximum Gasteiger partial charge on any atom is 0.147 e. The topological polar surface area (TPSA) is 46.4 Å². The van der Waals surface area contributed by atoms with Crippen LogP contribution in [0.3, 0.4) is 0 Å². The molecule has 0 amide bonds. The van der Waals surface area contributed by atoms with Gasteiger partial charge in [0.2, 0.25) is 0 Å². The van der Waals surface area contributed by atoms with E-state index in [1.807, 2.05) is 6.33 Å². The molecule has 1 aromatic heterocycles. The van der Waals surface area contributed by atoms with Crippen molar-refractivity contribution < 1.29 is 4.74 Å². The predicted octanol–water partition coefficient (Wildman–Crippen LogP) is 1.65. The minimum Gasteiger partial charge on any atom is -0.379 e. The third-order valence-corrected chi connectivity index (χ3v) is 4.07.